The van der Waals surface area contributed by atoms with Gasteiger partial charge in [0, 0.05) is 0 Å². The van der Waals surface area contributed by atoms with E-state index in [1.165, 1.54) is 18.0 Å². The van der Waals surface area contributed by atoms with Crippen molar-refractivity contribution in [1.82, 2.24) is 9.55 Å². The molecule has 0 amide bonds. The third-order valence-corrected chi connectivity index (χ3v) is 4.51. The molecule has 0 aliphatic heterocycles. The highest BCUT2D eigenvalue weighted by atomic mass is 16.5. The van der Waals surface area contributed by atoms with E-state index in [0.717, 1.165) is 10.8 Å². The third kappa shape index (κ3) is 3.58. The minimum Gasteiger partial charge on any atom is -0.465 e. The maximum Gasteiger partial charge on any atom is 0.341 e. The first-order valence-electron chi connectivity index (χ1n) is 8.83. The maximum absolute atomic E-state index is 12.6. The summed E-state index contributed by atoms with van der Waals surface area (Å²) in [5, 5.41) is 2.01. The highest BCUT2D eigenvalue weighted by molar-refractivity contribution is 5.99. The smallest absolute Gasteiger partial charge is 0.341 e. The lowest BCUT2D eigenvalue weighted by molar-refractivity contribution is -0.135. The van der Waals surface area contributed by atoms with Gasteiger partial charge in [0.25, 0.3) is 5.56 Å². The monoisotopic (exact) mass is 388 g/mol. The van der Waals surface area contributed by atoms with E-state index >= 15 is 0 Å². The Kier molecular flexibility index (Phi) is 4.78. The molecule has 3 aromatic carbocycles. The second-order valence-electron chi connectivity index (χ2n) is 6.36. The summed E-state index contributed by atoms with van der Waals surface area (Å²) in [6, 6.07) is 17.4. The van der Waals surface area contributed by atoms with Crippen molar-refractivity contribution >= 4 is 33.6 Å². The molecule has 4 aromatic rings. The second-order valence-corrected chi connectivity index (χ2v) is 6.36. The van der Waals surface area contributed by atoms with Crippen molar-refractivity contribution in [2.45, 2.75) is 6.54 Å². The average Bonchev–Trinajstić information content (AvgIpc) is 2.75. The maximum atomic E-state index is 12.6. The number of para-hydroxylation sites is 1. The van der Waals surface area contributed by atoms with E-state index in [1.807, 2.05) is 24.3 Å². The first kappa shape index (κ1) is 18.4. The molecule has 0 radical (unpaired) electrons. The zero-order valence-electron chi connectivity index (χ0n) is 15.5. The lowest BCUT2D eigenvalue weighted by Crippen LogP contribution is -2.27. The van der Waals surface area contributed by atoms with Gasteiger partial charge >= 0.3 is 11.9 Å². The predicted octanol–water partition coefficient (Wildman–Crippen LogP) is 2.94. The van der Waals surface area contributed by atoms with Gasteiger partial charge in [-0.05, 0) is 35.0 Å². The van der Waals surface area contributed by atoms with Gasteiger partial charge in [-0.15, -0.1) is 0 Å². The zero-order valence-corrected chi connectivity index (χ0v) is 15.5. The Hall–Kier alpha value is -4.00. The van der Waals surface area contributed by atoms with Crippen molar-refractivity contribution in [1.29, 1.82) is 0 Å². The SMILES string of the molecule is COC(=O)c1cc2ccccc2cc1OC(=O)Cn1cnc2ccccc2c1=O. The van der Waals surface area contributed by atoms with Crippen LogP contribution in [0.5, 0.6) is 5.75 Å². The number of methoxy groups -OCH3 is 1. The molecule has 29 heavy (non-hydrogen) atoms. The highest BCUT2D eigenvalue weighted by Crippen LogP contribution is 2.27. The van der Waals surface area contributed by atoms with Crippen LogP contribution in [0.25, 0.3) is 21.7 Å². The van der Waals surface area contributed by atoms with Crippen LogP contribution in [0.15, 0.2) is 71.8 Å². The van der Waals surface area contributed by atoms with E-state index in [0.29, 0.717) is 10.9 Å². The molecule has 0 aliphatic rings. The van der Waals surface area contributed by atoms with Crippen molar-refractivity contribution < 1.29 is 19.1 Å². The molecular formula is C22H16N2O5. The van der Waals surface area contributed by atoms with Gasteiger partial charge in [-0.3, -0.25) is 9.36 Å². The number of nitrogens with zero attached hydrogens (tertiary/aromatic N) is 2. The lowest BCUT2D eigenvalue weighted by Gasteiger charge is -2.11. The molecule has 1 heterocycles. The molecule has 1 aromatic heterocycles. The summed E-state index contributed by atoms with van der Waals surface area (Å²) in [5.74, 6) is -1.25. The predicted molar refractivity (Wildman–Crippen MR) is 107 cm³/mol. The number of fused-ring (bicyclic) bond motifs is 2. The highest BCUT2D eigenvalue weighted by Gasteiger charge is 2.18. The lowest BCUT2D eigenvalue weighted by atomic mass is 10.1. The van der Waals surface area contributed by atoms with Gasteiger partial charge in [-0.25, -0.2) is 14.6 Å². The molecule has 7 nitrogen and oxygen atoms in total. The molecule has 0 saturated carbocycles. The van der Waals surface area contributed by atoms with Crippen LogP contribution in [-0.4, -0.2) is 28.6 Å². The van der Waals surface area contributed by atoms with Crippen molar-refractivity contribution in [2.24, 2.45) is 0 Å². The van der Waals surface area contributed by atoms with Crippen LogP contribution in [0.2, 0.25) is 0 Å². The molecule has 7 heteroatoms. The van der Waals surface area contributed by atoms with Gasteiger partial charge in [-0.2, -0.15) is 0 Å². The van der Waals surface area contributed by atoms with Crippen LogP contribution in [-0.2, 0) is 16.1 Å². The summed E-state index contributed by atoms with van der Waals surface area (Å²) in [7, 11) is 1.25. The molecular weight excluding hydrogens is 372 g/mol. The van der Waals surface area contributed by atoms with Crippen molar-refractivity contribution in [3.63, 3.8) is 0 Å². The number of hydrogen-bond acceptors (Lipinski definition) is 6. The number of rotatable bonds is 4. The van der Waals surface area contributed by atoms with E-state index < -0.39 is 11.9 Å². The summed E-state index contributed by atoms with van der Waals surface area (Å²) < 4.78 is 11.4. The summed E-state index contributed by atoms with van der Waals surface area (Å²) in [6.07, 6.45) is 1.30. The quantitative estimate of drug-likeness (QED) is 0.395. The van der Waals surface area contributed by atoms with Gasteiger partial charge in [-0.1, -0.05) is 36.4 Å². The summed E-state index contributed by atoms with van der Waals surface area (Å²) in [6.45, 7) is -0.343. The minimum absolute atomic E-state index is 0.0716. The standard InChI is InChI=1S/C22H16N2O5/c1-28-22(27)17-10-14-6-2-3-7-15(14)11-19(17)29-20(25)12-24-13-23-18-9-5-4-8-16(18)21(24)26/h2-11,13H,12H2,1H3. The number of carbonyl (C=O) groups excluding carboxylic acids is 2. The first-order valence-corrected chi connectivity index (χ1v) is 8.83. The third-order valence-electron chi connectivity index (χ3n) is 4.51. The van der Waals surface area contributed by atoms with Crippen LogP contribution >= 0.6 is 0 Å². The van der Waals surface area contributed by atoms with Crippen LogP contribution in [0.1, 0.15) is 10.4 Å². The number of esters is 2. The van der Waals surface area contributed by atoms with Gasteiger partial charge in [0.05, 0.1) is 24.3 Å². The van der Waals surface area contributed by atoms with Crippen LogP contribution < -0.4 is 10.3 Å². The summed E-state index contributed by atoms with van der Waals surface area (Å²) >= 11 is 0. The molecule has 4 rings (SSSR count). The van der Waals surface area contributed by atoms with E-state index in [9.17, 15) is 14.4 Å². The minimum atomic E-state index is -0.704. The Labute approximate surface area is 165 Å². The van der Waals surface area contributed by atoms with E-state index in [-0.39, 0.29) is 23.4 Å². The number of ether oxygens (including phenoxy) is 2. The van der Waals surface area contributed by atoms with Crippen molar-refractivity contribution in [2.75, 3.05) is 7.11 Å². The fourth-order valence-electron chi connectivity index (χ4n) is 3.09. The summed E-state index contributed by atoms with van der Waals surface area (Å²) in [5.41, 5.74) is 0.326. The van der Waals surface area contributed by atoms with Crippen molar-refractivity contribution in [3.8, 4) is 5.75 Å². The molecule has 0 atom stereocenters. The molecule has 0 bridgehead atoms. The molecule has 0 spiro atoms. The van der Waals surface area contributed by atoms with Crippen LogP contribution in [0, 0.1) is 0 Å². The van der Waals surface area contributed by atoms with Crippen molar-refractivity contribution in [3.05, 3.63) is 82.9 Å². The first-order chi connectivity index (χ1) is 14.1. The Morgan fingerprint density at radius 2 is 1.69 bits per heavy atom. The fourth-order valence-corrected chi connectivity index (χ4v) is 3.09. The van der Waals surface area contributed by atoms with Gasteiger partial charge in [0.2, 0.25) is 0 Å². The fraction of sp³-hybridized carbons (Fsp3) is 0.0909. The van der Waals surface area contributed by atoms with Gasteiger partial charge in [0.15, 0.2) is 0 Å². The average molecular weight is 388 g/mol. The molecule has 0 fully saturated rings. The second kappa shape index (κ2) is 7.55. The van der Waals surface area contributed by atoms with Crippen LogP contribution in [0.4, 0.5) is 0 Å². The number of benzene rings is 3. The van der Waals surface area contributed by atoms with E-state index in [4.69, 9.17) is 9.47 Å². The van der Waals surface area contributed by atoms with Gasteiger partial charge < -0.3 is 9.47 Å². The zero-order chi connectivity index (χ0) is 20.4. The van der Waals surface area contributed by atoms with Gasteiger partial charge in [0.1, 0.15) is 17.9 Å². The number of hydrogen-bond donors (Lipinski definition) is 0. The largest absolute Gasteiger partial charge is 0.465 e. The Morgan fingerprint density at radius 1 is 1.00 bits per heavy atom. The molecule has 144 valence electrons. The molecule has 0 aliphatic carbocycles. The topological polar surface area (TPSA) is 87.5 Å². The number of aromatic nitrogens is 2. The Balaban J connectivity index is 1.66. The summed E-state index contributed by atoms with van der Waals surface area (Å²) in [4.78, 5) is 41.4. The Bertz CT molecular complexity index is 1310. The number of carbonyl (C=O) groups is 2. The normalized spacial score (nSPS) is 10.8. The molecule has 0 N–H and O–H groups in total. The Morgan fingerprint density at radius 3 is 2.45 bits per heavy atom. The van der Waals surface area contributed by atoms with E-state index in [2.05, 4.69) is 4.98 Å². The molecule has 0 unspecified atom stereocenters. The van der Waals surface area contributed by atoms with E-state index in [1.54, 1.807) is 36.4 Å². The van der Waals surface area contributed by atoms with Crippen LogP contribution in [0.3, 0.4) is 0 Å². The molecule has 0 saturated heterocycles.